The molecule has 0 fully saturated rings. The van der Waals surface area contributed by atoms with Gasteiger partial charge in [-0.2, -0.15) is 0 Å². The Morgan fingerprint density at radius 1 is 1.33 bits per heavy atom. The van der Waals surface area contributed by atoms with E-state index in [1.165, 1.54) is 16.9 Å². The SMILES string of the molecule is COc1ccccc1C(C)NC(=O)c1cc2c(s1)CCC2. The summed E-state index contributed by atoms with van der Waals surface area (Å²) < 4.78 is 5.35. The fourth-order valence-electron chi connectivity index (χ4n) is 2.81. The number of hydrogen-bond donors (Lipinski definition) is 1. The summed E-state index contributed by atoms with van der Waals surface area (Å²) in [5.41, 5.74) is 2.35. The van der Waals surface area contributed by atoms with Gasteiger partial charge in [0.2, 0.25) is 0 Å². The van der Waals surface area contributed by atoms with Crippen molar-refractivity contribution in [3.8, 4) is 5.75 Å². The molecule has 1 atom stereocenters. The smallest absolute Gasteiger partial charge is 0.261 e. The molecule has 2 aromatic rings. The highest BCUT2D eigenvalue weighted by molar-refractivity contribution is 7.14. The first-order chi connectivity index (χ1) is 10.2. The van der Waals surface area contributed by atoms with Gasteiger partial charge in [0.1, 0.15) is 5.75 Å². The number of nitrogens with one attached hydrogen (secondary N) is 1. The number of ether oxygens (including phenoxy) is 1. The quantitative estimate of drug-likeness (QED) is 0.934. The first-order valence-electron chi connectivity index (χ1n) is 7.24. The summed E-state index contributed by atoms with van der Waals surface area (Å²) in [6, 6.07) is 9.76. The zero-order valence-corrected chi connectivity index (χ0v) is 13.1. The normalized spacial score (nSPS) is 14.6. The fourth-order valence-corrected chi connectivity index (χ4v) is 3.97. The van der Waals surface area contributed by atoms with Crippen molar-refractivity contribution in [3.05, 3.63) is 51.2 Å². The molecule has 1 N–H and O–H groups in total. The Kier molecular flexibility index (Phi) is 3.97. The van der Waals surface area contributed by atoms with Gasteiger partial charge in [0.15, 0.2) is 0 Å². The van der Waals surface area contributed by atoms with Gasteiger partial charge in [0.05, 0.1) is 18.0 Å². The minimum absolute atomic E-state index is 0.00723. The molecule has 0 saturated carbocycles. The molecule has 0 bridgehead atoms. The van der Waals surface area contributed by atoms with Gasteiger partial charge < -0.3 is 10.1 Å². The first-order valence-corrected chi connectivity index (χ1v) is 8.06. The van der Waals surface area contributed by atoms with Crippen molar-refractivity contribution >= 4 is 17.2 Å². The summed E-state index contributed by atoms with van der Waals surface area (Å²) in [5, 5.41) is 3.07. The first kappa shape index (κ1) is 14.1. The molecule has 1 aromatic carbocycles. The third-order valence-electron chi connectivity index (χ3n) is 3.92. The minimum atomic E-state index is -0.0782. The Balaban J connectivity index is 1.74. The predicted octanol–water partition coefficient (Wildman–Crippen LogP) is 3.74. The van der Waals surface area contributed by atoms with Gasteiger partial charge in [-0.25, -0.2) is 0 Å². The van der Waals surface area contributed by atoms with E-state index in [0.717, 1.165) is 29.0 Å². The van der Waals surface area contributed by atoms with Crippen LogP contribution in [0.3, 0.4) is 0 Å². The molecule has 3 nitrogen and oxygen atoms in total. The van der Waals surface area contributed by atoms with Gasteiger partial charge in [-0.15, -0.1) is 11.3 Å². The van der Waals surface area contributed by atoms with E-state index in [4.69, 9.17) is 4.74 Å². The van der Waals surface area contributed by atoms with Crippen molar-refractivity contribution in [1.82, 2.24) is 5.32 Å². The van der Waals surface area contributed by atoms with E-state index in [0.29, 0.717) is 0 Å². The van der Waals surface area contributed by atoms with E-state index in [9.17, 15) is 4.79 Å². The van der Waals surface area contributed by atoms with Crippen LogP contribution in [0.2, 0.25) is 0 Å². The summed E-state index contributed by atoms with van der Waals surface area (Å²) in [7, 11) is 1.65. The number of rotatable bonds is 4. The number of aryl methyl sites for hydroxylation is 2. The Hall–Kier alpha value is -1.81. The molecule has 0 saturated heterocycles. The standard InChI is InChI=1S/C17H19NO2S/c1-11(13-7-3-4-8-14(13)20-2)18-17(19)16-10-12-6-5-9-15(12)21-16/h3-4,7-8,10-11H,5-6,9H2,1-2H3,(H,18,19). The van der Waals surface area contributed by atoms with Crippen molar-refractivity contribution in [3.63, 3.8) is 0 Å². The van der Waals surface area contributed by atoms with E-state index >= 15 is 0 Å². The van der Waals surface area contributed by atoms with Gasteiger partial charge >= 0.3 is 0 Å². The number of fused-ring (bicyclic) bond motifs is 1. The molecular weight excluding hydrogens is 282 g/mol. The molecule has 1 heterocycles. The average molecular weight is 301 g/mol. The van der Waals surface area contributed by atoms with Crippen LogP contribution in [0.4, 0.5) is 0 Å². The summed E-state index contributed by atoms with van der Waals surface area (Å²) >= 11 is 1.63. The highest BCUT2D eigenvalue weighted by Gasteiger charge is 2.20. The zero-order valence-electron chi connectivity index (χ0n) is 12.3. The molecule has 1 aromatic heterocycles. The van der Waals surface area contributed by atoms with Crippen LogP contribution >= 0.6 is 11.3 Å². The third kappa shape index (κ3) is 2.81. The minimum Gasteiger partial charge on any atom is -0.496 e. The van der Waals surface area contributed by atoms with E-state index in [1.807, 2.05) is 31.2 Å². The number of amides is 1. The van der Waals surface area contributed by atoms with Gasteiger partial charge in [-0.3, -0.25) is 4.79 Å². The molecule has 0 radical (unpaired) electrons. The Morgan fingerprint density at radius 2 is 2.14 bits per heavy atom. The highest BCUT2D eigenvalue weighted by Crippen LogP contribution is 2.31. The average Bonchev–Trinajstić information content (AvgIpc) is 3.08. The summed E-state index contributed by atoms with van der Waals surface area (Å²) in [6.07, 6.45) is 3.46. The fraction of sp³-hybridized carbons (Fsp3) is 0.353. The van der Waals surface area contributed by atoms with Gasteiger partial charge in [0, 0.05) is 10.4 Å². The second kappa shape index (κ2) is 5.90. The number of thiophene rings is 1. The molecular formula is C17H19NO2S. The van der Waals surface area contributed by atoms with Crippen LogP contribution in [-0.4, -0.2) is 13.0 Å². The third-order valence-corrected chi connectivity index (χ3v) is 5.16. The molecule has 3 rings (SSSR count). The van der Waals surface area contributed by atoms with Crippen LogP contribution in [0.5, 0.6) is 5.75 Å². The molecule has 21 heavy (non-hydrogen) atoms. The molecule has 1 aliphatic rings. The van der Waals surface area contributed by atoms with E-state index in [-0.39, 0.29) is 11.9 Å². The maximum atomic E-state index is 12.4. The summed E-state index contributed by atoms with van der Waals surface area (Å²) in [4.78, 5) is 14.6. The van der Waals surface area contributed by atoms with Crippen LogP contribution < -0.4 is 10.1 Å². The lowest BCUT2D eigenvalue weighted by Gasteiger charge is -2.16. The molecule has 1 aliphatic carbocycles. The molecule has 1 amide bonds. The monoisotopic (exact) mass is 301 g/mol. The maximum Gasteiger partial charge on any atom is 0.261 e. The van der Waals surface area contributed by atoms with E-state index in [2.05, 4.69) is 11.4 Å². The number of methoxy groups -OCH3 is 1. The van der Waals surface area contributed by atoms with Crippen molar-refractivity contribution in [2.45, 2.75) is 32.2 Å². The van der Waals surface area contributed by atoms with Gasteiger partial charge in [0.25, 0.3) is 5.91 Å². The second-order valence-corrected chi connectivity index (χ2v) is 6.49. The zero-order chi connectivity index (χ0) is 14.8. The Bertz CT molecular complexity index is 641. The molecule has 1 unspecified atom stereocenters. The van der Waals surface area contributed by atoms with Crippen molar-refractivity contribution in [2.24, 2.45) is 0 Å². The van der Waals surface area contributed by atoms with Crippen LogP contribution in [0.25, 0.3) is 0 Å². The van der Waals surface area contributed by atoms with E-state index < -0.39 is 0 Å². The predicted molar refractivity (Wildman–Crippen MR) is 85.2 cm³/mol. The largest absolute Gasteiger partial charge is 0.496 e. The molecule has 110 valence electrons. The van der Waals surface area contributed by atoms with Crippen LogP contribution in [0.1, 0.15) is 45.1 Å². The Labute approximate surface area is 129 Å². The number of carbonyl (C=O) groups excluding carboxylic acids is 1. The van der Waals surface area contributed by atoms with Crippen molar-refractivity contribution < 1.29 is 9.53 Å². The van der Waals surface area contributed by atoms with Crippen molar-refractivity contribution in [1.29, 1.82) is 0 Å². The molecule has 0 spiro atoms. The maximum absolute atomic E-state index is 12.4. The molecule has 0 aliphatic heterocycles. The van der Waals surface area contributed by atoms with Gasteiger partial charge in [-0.1, -0.05) is 18.2 Å². The lowest BCUT2D eigenvalue weighted by Crippen LogP contribution is -2.26. The van der Waals surface area contributed by atoms with E-state index in [1.54, 1.807) is 18.4 Å². The van der Waals surface area contributed by atoms with Crippen LogP contribution in [0.15, 0.2) is 30.3 Å². The highest BCUT2D eigenvalue weighted by atomic mass is 32.1. The second-order valence-electron chi connectivity index (χ2n) is 5.35. The van der Waals surface area contributed by atoms with Crippen LogP contribution in [0, 0.1) is 0 Å². The number of hydrogen-bond acceptors (Lipinski definition) is 3. The number of benzene rings is 1. The molecule has 4 heteroatoms. The van der Waals surface area contributed by atoms with Gasteiger partial charge in [-0.05, 0) is 43.9 Å². The summed E-state index contributed by atoms with van der Waals surface area (Å²) in [6.45, 7) is 1.98. The topological polar surface area (TPSA) is 38.3 Å². The van der Waals surface area contributed by atoms with Crippen LogP contribution in [-0.2, 0) is 12.8 Å². The van der Waals surface area contributed by atoms with Crippen molar-refractivity contribution in [2.75, 3.05) is 7.11 Å². The Morgan fingerprint density at radius 3 is 2.90 bits per heavy atom. The summed E-state index contributed by atoms with van der Waals surface area (Å²) in [5.74, 6) is 0.812. The lowest BCUT2D eigenvalue weighted by molar-refractivity contribution is 0.0943. The number of carbonyl (C=O) groups is 1. The lowest BCUT2D eigenvalue weighted by atomic mass is 10.1. The number of para-hydroxylation sites is 1.